The number of nitrogens with one attached hydrogen (secondary N) is 2. The third-order valence-corrected chi connectivity index (χ3v) is 2.95. The van der Waals surface area contributed by atoms with Crippen molar-refractivity contribution in [2.75, 3.05) is 25.2 Å². The van der Waals surface area contributed by atoms with Crippen LogP contribution in [0.15, 0.2) is 0 Å². The Kier molecular flexibility index (Phi) is 7.25. The van der Waals surface area contributed by atoms with E-state index in [9.17, 15) is 22.4 Å². The Balaban J connectivity index is 4.19. The Bertz CT molecular complexity index is 384. The van der Waals surface area contributed by atoms with Gasteiger partial charge < -0.3 is 15.7 Å². The second-order valence-corrected chi connectivity index (χ2v) is 6.01. The van der Waals surface area contributed by atoms with E-state index in [1.54, 1.807) is 0 Å². The first-order valence-corrected chi connectivity index (χ1v) is 7.33. The number of carboxylic acids is 1. The average molecular weight is 284 g/mol. The van der Waals surface area contributed by atoms with Crippen LogP contribution in [0.25, 0.3) is 0 Å². The zero-order chi connectivity index (χ0) is 14.2. The molecule has 0 aliphatic heterocycles. The van der Waals surface area contributed by atoms with Crippen LogP contribution in [0, 0.1) is 0 Å². The first kappa shape index (κ1) is 16.6. The second-order valence-electron chi connectivity index (χ2n) is 3.75. The molecule has 0 spiro atoms. The fourth-order valence-electron chi connectivity index (χ4n) is 1.07. The standard InChI is InChI=1S/C9H17FN2O5S/c1-18(16,17)6-3-7(8(13)14)12-9(15)11-5-2-4-10/h7H,2-6H2,1H3,(H,13,14)(H2,11,12,15). The molecular formula is C9H17FN2O5S. The van der Waals surface area contributed by atoms with Crippen molar-refractivity contribution in [2.45, 2.75) is 18.9 Å². The number of sulfone groups is 1. The maximum atomic E-state index is 11.8. The summed E-state index contributed by atoms with van der Waals surface area (Å²) >= 11 is 0. The fourth-order valence-corrected chi connectivity index (χ4v) is 1.73. The van der Waals surface area contributed by atoms with Crippen LogP contribution in [0.2, 0.25) is 0 Å². The molecule has 106 valence electrons. The van der Waals surface area contributed by atoms with Crippen molar-refractivity contribution in [3.8, 4) is 0 Å². The van der Waals surface area contributed by atoms with Gasteiger partial charge in [-0.05, 0) is 12.8 Å². The van der Waals surface area contributed by atoms with Crippen LogP contribution in [0.5, 0.6) is 0 Å². The van der Waals surface area contributed by atoms with E-state index in [-0.39, 0.29) is 25.1 Å². The van der Waals surface area contributed by atoms with Crippen LogP contribution in [0.4, 0.5) is 9.18 Å². The van der Waals surface area contributed by atoms with Gasteiger partial charge >= 0.3 is 12.0 Å². The molecule has 0 radical (unpaired) electrons. The minimum atomic E-state index is -3.29. The van der Waals surface area contributed by atoms with Gasteiger partial charge in [-0.2, -0.15) is 0 Å². The highest BCUT2D eigenvalue weighted by atomic mass is 32.2. The first-order chi connectivity index (χ1) is 8.26. The maximum Gasteiger partial charge on any atom is 0.326 e. The normalized spacial score (nSPS) is 12.8. The van der Waals surface area contributed by atoms with Crippen molar-refractivity contribution in [1.29, 1.82) is 0 Å². The summed E-state index contributed by atoms with van der Waals surface area (Å²) in [6.45, 7) is -0.503. The van der Waals surface area contributed by atoms with Gasteiger partial charge in [0.25, 0.3) is 0 Å². The van der Waals surface area contributed by atoms with Gasteiger partial charge in [0, 0.05) is 12.8 Å². The quantitative estimate of drug-likeness (QED) is 0.522. The van der Waals surface area contributed by atoms with Gasteiger partial charge in [-0.1, -0.05) is 0 Å². The molecule has 9 heteroatoms. The monoisotopic (exact) mass is 284 g/mol. The molecule has 0 aromatic heterocycles. The zero-order valence-corrected chi connectivity index (χ0v) is 10.8. The molecule has 0 bridgehead atoms. The highest BCUT2D eigenvalue weighted by molar-refractivity contribution is 7.90. The Morgan fingerprint density at radius 1 is 1.39 bits per heavy atom. The number of carbonyl (C=O) groups excluding carboxylic acids is 1. The SMILES string of the molecule is CS(=O)(=O)CCC(NC(=O)NCCCF)C(=O)O. The third-order valence-electron chi connectivity index (χ3n) is 1.98. The maximum absolute atomic E-state index is 11.8. The number of amides is 2. The molecular weight excluding hydrogens is 267 g/mol. The molecule has 0 saturated carbocycles. The zero-order valence-electron chi connectivity index (χ0n) is 9.98. The van der Waals surface area contributed by atoms with Crippen molar-refractivity contribution in [3.63, 3.8) is 0 Å². The molecule has 0 rings (SSSR count). The molecule has 7 nitrogen and oxygen atoms in total. The summed E-state index contributed by atoms with van der Waals surface area (Å²) < 4.78 is 33.5. The Morgan fingerprint density at radius 2 is 2.00 bits per heavy atom. The Hall–Kier alpha value is -1.38. The minimum absolute atomic E-state index is 0.0841. The summed E-state index contributed by atoms with van der Waals surface area (Å²) in [7, 11) is -3.29. The van der Waals surface area contributed by atoms with E-state index >= 15 is 0 Å². The summed E-state index contributed by atoms with van der Waals surface area (Å²) in [5.41, 5.74) is 0. The number of hydrogen-bond acceptors (Lipinski definition) is 4. The van der Waals surface area contributed by atoms with Gasteiger partial charge in [0.15, 0.2) is 0 Å². The topological polar surface area (TPSA) is 113 Å². The van der Waals surface area contributed by atoms with E-state index in [0.717, 1.165) is 6.26 Å². The van der Waals surface area contributed by atoms with Crippen molar-refractivity contribution in [2.24, 2.45) is 0 Å². The lowest BCUT2D eigenvalue weighted by Gasteiger charge is -2.14. The van der Waals surface area contributed by atoms with Crippen LogP contribution in [-0.4, -0.2) is 56.8 Å². The Morgan fingerprint density at radius 3 is 2.44 bits per heavy atom. The molecule has 0 fully saturated rings. The highest BCUT2D eigenvalue weighted by Crippen LogP contribution is 1.97. The molecule has 0 heterocycles. The van der Waals surface area contributed by atoms with E-state index in [1.165, 1.54) is 0 Å². The molecule has 0 saturated heterocycles. The molecule has 1 unspecified atom stereocenters. The minimum Gasteiger partial charge on any atom is -0.480 e. The summed E-state index contributed by atoms with van der Waals surface area (Å²) in [6, 6.07) is -2.05. The molecule has 0 aromatic rings. The van der Waals surface area contributed by atoms with Crippen molar-refractivity contribution in [1.82, 2.24) is 10.6 Å². The van der Waals surface area contributed by atoms with Gasteiger partial charge in [-0.3, -0.25) is 4.39 Å². The van der Waals surface area contributed by atoms with Crippen LogP contribution in [0.3, 0.4) is 0 Å². The van der Waals surface area contributed by atoms with Crippen LogP contribution < -0.4 is 10.6 Å². The summed E-state index contributed by atoms with van der Waals surface area (Å²) in [4.78, 5) is 22.0. The summed E-state index contributed by atoms with van der Waals surface area (Å²) in [5.74, 6) is -1.66. The molecule has 2 amide bonds. The van der Waals surface area contributed by atoms with E-state index < -0.39 is 34.6 Å². The van der Waals surface area contributed by atoms with Crippen molar-refractivity contribution in [3.05, 3.63) is 0 Å². The lowest BCUT2D eigenvalue weighted by atomic mass is 10.2. The van der Waals surface area contributed by atoms with Crippen LogP contribution in [0.1, 0.15) is 12.8 Å². The Labute approximate surface area is 105 Å². The molecule has 18 heavy (non-hydrogen) atoms. The second kappa shape index (κ2) is 7.85. The number of rotatable bonds is 8. The van der Waals surface area contributed by atoms with E-state index in [1.807, 2.05) is 0 Å². The lowest BCUT2D eigenvalue weighted by Crippen LogP contribution is -2.47. The molecule has 0 aromatic carbocycles. The molecule has 0 aliphatic rings. The van der Waals surface area contributed by atoms with Gasteiger partial charge in [-0.15, -0.1) is 0 Å². The largest absolute Gasteiger partial charge is 0.480 e. The number of carbonyl (C=O) groups is 2. The number of alkyl halides is 1. The van der Waals surface area contributed by atoms with Gasteiger partial charge in [0.2, 0.25) is 0 Å². The fraction of sp³-hybridized carbons (Fsp3) is 0.778. The predicted molar refractivity (Wildman–Crippen MR) is 62.9 cm³/mol. The van der Waals surface area contributed by atoms with E-state index in [2.05, 4.69) is 10.6 Å². The average Bonchev–Trinajstić information content (AvgIpc) is 2.22. The highest BCUT2D eigenvalue weighted by Gasteiger charge is 2.21. The summed E-state index contributed by atoms with van der Waals surface area (Å²) in [5, 5.41) is 13.2. The van der Waals surface area contributed by atoms with Gasteiger partial charge in [-0.25, -0.2) is 18.0 Å². The first-order valence-electron chi connectivity index (χ1n) is 5.27. The summed E-state index contributed by atoms with van der Waals surface area (Å²) in [6.07, 6.45) is 0.895. The van der Waals surface area contributed by atoms with E-state index in [0.29, 0.717) is 0 Å². The van der Waals surface area contributed by atoms with Crippen molar-refractivity contribution >= 4 is 21.8 Å². The van der Waals surface area contributed by atoms with E-state index in [4.69, 9.17) is 5.11 Å². The number of halogens is 1. The molecule has 3 N–H and O–H groups in total. The smallest absolute Gasteiger partial charge is 0.326 e. The van der Waals surface area contributed by atoms with Gasteiger partial charge in [0.1, 0.15) is 15.9 Å². The van der Waals surface area contributed by atoms with Crippen molar-refractivity contribution < 1.29 is 27.5 Å². The van der Waals surface area contributed by atoms with Crippen LogP contribution >= 0.6 is 0 Å². The van der Waals surface area contributed by atoms with Crippen LogP contribution in [-0.2, 0) is 14.6 Å². The number of urea groups is 1. The number of aliphatic carboxylic acids is 1. The van der Waals surface area contributed by atoms with Gasteiger partial charge in [0.05, 0.1) is 12.4 Å². The third kappa shape index (κ3) is 8.74. The lowest BCUT2D eigenvalue weighted by molar-refractivity contribution is -0.139. The number of hydrogen-bond donors (Lipinski definition) is 3. The molecule has 1 atom stereocenters. The number of carboxylic acid groups (broad SMARTS) is 1. The predicted octanol–water partition coefficient (Wildman–Crippen LogP) is -0.467. The molecule has 0 aliphatic carbocycles.